The molecule has 2 aromatic carbocycles. The molecule has 1 N–H and O–H groups in total. The van der Waals surface area contributed by atoms with Crippen LogP contribution in [0.5, 0.6) is 0 Å². The van der Waals surface area contributed by atoms with Gasteiger partial charge >= 0.3 is 0 Å². The molecular weight excluding hydrogens is 258 g/mol. The number of β-amino-alcohol motifs (C(OH)–C–C–N with tert-alkyl or cyclic N) is 1. The second-order valence-electron chi connectivity index (χ2n) is 5.66. The molecule has 0 spiro atoms. The van der Waals surface area contributed by atoms with E-state index in [0.29, 0.717) is 6.54 Å². The number of hydrogen-bond acceptors (Lipinski definition) is 2. The Labute approximate surface area is 126 Å². The van der Waals surface area contributed by atoms with Crippen molar-refractivity contribution >= 4 is 5.57 Å². The molecule has 0 radical (unpaired) electrons. The Kier molecular flexibility index (Phi) is 4.18. The smallest absolute Gasteiger partial charge is 0.0886 e. The largest absolute Gasteiger partial charge is 0.387 e. The highest BCUT2D eigenvalue weighted by molar-refractivity contribution is 5.82. The molecule has 1 heterocycles. The summed E-state index contributed by atoms with van der Waals surface area (Å²) in [6, 6.07) is 20.8. The molecule has 1 atom stereocenters. The first-order valence-corrected chi connectivity index (χ1v) is 7.46. The van der Waals surface area contributed by atoms with E-state index in [1.165, 1.54) is 16.7 Å². The highest BCUT2D eigenvalue weighted by Gasteiger charge is 2.24. The molecule has 1 aliphatic rings. The van der Waals surface area contributed by atoms with E-state index in [1.54, 1.807) is 0 Å². The van der Waals surface area contributed by atoms with Crippen LogP contribution in [0.3, 0.4) is 0 Å². The Morgan fingerprint density at radius 2 is 1.48 bits per heavy atom. The normalized spacial score (nSPS) is 19.5. The minimum Gasteiger partial charge on any atom is -0.387 e. The van der Waals surface area contributed by atoms with Crippen molar-refractivity contribution < 1.29 is 5.11 Å². The Balaban J connectivity index is 2.13. The summed E-state index contributed by atoms with van der Waals surface area (Å²) in [6.07, 6.45) is 0.524. The van der Waals surface area contributed by atoms with Crippen molar-refractivity contribution in [1.82, 2.24) is 4.90 Å². The second-order valence-corrected chi connectivity index (χ2v) is 5.66. The molecule has 21 heavy (non-hydrogen) atoms. The van der Waals surface area contributed by atoms with Crippen LogP contribution >= 0.6 is 0 Å². The zero-order valence-corrected chi connectivity index (χ0v) is 12.4. The van der Waals surface area contributed by atoms with Gasteiger partial charge in [0.1, 0.15) is 0 Å². The average molecular weight is 279 g/mol. The maximum absolute atomic E-state index is 10.5. The lowest BCUT2D eigenvalue weighted by Gasteiger charge is -2.31. The predicted octanol–water partition coefficient (Wildman–Crippen LogP) is 3.18. The van der Waals surface area contributed by atoms with Crippen LogP contribution in [-0.4, -0.2) is 36.2 Å². The van der Waals surface area contributed by atoms with Crippen LogP contribution < -0.4 is 0 Å². The van der Waals surface area contributed by atoms with Gasteiger partial charge in [-0.2, -0.15) is 0 Å². The summed E-state index contributed by atoms with van der Waals surface area (Å²) in [5, 5.41) is 10.5. The molecule has 1 aliphatic heterocycles. The van der Waals surface area contributed by atoms with Gasteiger partial charge < -0.3 is 10.0 Å². The Morgan fingerprint density at radius 1 is 0.952 bits per heavy atom. The zero-order chi connectivity index (χ0) is 14.7. The van der Waals surface area contributed by atoms with Crippen LogP contribution in [0, 0.1) is 0 Å². The van der Waals surface area contributed by atoms with Gasteiger partial charge in [0.2, 0.25) is 0 Å². The maximum Gasteiger partial charge on any atom is 0.0886 e. The van der Waals surface area contributed by atoms with Gasteiger partial charge in [0.25, 0.3) is 0 Å². The molecule has 2 heteroatoms. The molecule has 0 unspecified atom stereocenters. The molecule has 0 saturated carbocycles. The number of benzene rings is 2. The van der Waals surface area contributed by atoms with E-state index in [-0.39, 0.29) is 6.10 Å². The number of hydrogen-bond donors (Lipinski definition) is 1. The number of aliphatic hydroxyl groups is 1. The SMILES string of the molecule is CN1CCC(=C(c2ccccc2)c2ccccc2)[C@H](O)C1. The van der Waals surface area contributed by atoms with Gasteiger partial charge in [-0.05, 0) is 35.7 Å². The summed E-state index contributed by atoms with van der Waals surface area (Å²) in [6.45, 7) is 1.70. The van der Waals surface area contributed by atoms with E-state index >= 15 is 0 Å². The van der Waals surface area contributed by atoms with E-state index in [0.717, 1.165) is 18.5 Å². The van der Waals surface area contributed by atoms with Crippen molar-refractivity contribution in [3.8, 4) is 0 Å². The molecule has 0 aliphatic carbocycles. The molecule has 0 amide bonds. The summed E-state index contributed by atoms with van der Waals surface area (Å²) in [5.41, 5.74) is 4.71. The lowest BCUT2D eigenvalue weighted by atomic mass is 9.87. The minimum atomic E-state index is -0.390. The standard InChI is InChI=1S/C19H21NO/c1-20-13-12-17(18(21)14-20)19(15-8-4-2-5-9-15)16-10-6-3-7-11-16/h2-11,18,21H,12-14H2,1H3/t18-/m1/s1. The minimum absolute atomic E-state index is 0.390. The van der Waals surface area contributed by atoms with Crippen molar-refractivity contribution in [2.24, 2.45) is 0 Å². The zero-order valence-electron chi connectivity index (χ0n) is 12.4. The van der Waals surface area contributed by atoms with Gasteiger partial charge in [-0.3, -0.25) is 0 Å². The second kappa shape index (κ2) is 6.25. The lowest BCUT2D eigenvalue weighted by molar-refractivity contribution is 0.129. The fourth-order valence-corrected chi connectivity index (χ4v) is 3.01. The van der Waals surface area contributed by atoms with E-state index in [2.05, 4.69) is 60.5 Å². The van der Waals surface area contributed by atoms with Crippen molar-refractivity contribution in [3.05, 3.63) is 77.4 Å². The third-order valence-corrected chi connectivity index (χ3v) is 4.10. The van der Waals surface area contributed by atoms with Crippen LogP contribution in [0.15, 0.2) is 66.2 Å². The third kappa shape index (κ3) is 3.07. The van der Waals surface area contributed by atoms with Gasteiger partial charge in [-0.1, -0.05) is 60.7 Å². The fourth-order valence-electron chi connectivity index (χ4n) is 3.01. The summed E-state index contributed by atoms with van der Waals surface area (Å²) in [5.74, 6) is 0. The van der Waals surface area contributed by atoms with Crippen molar-refractivity contribution in [1.29, 1.82) is 0 Å². The number of likely N-dealkylation sites (tertiary alicyclic amines) is 1. The van der Waals surface area contributed by atoms with Gasteiger partial charge in [0.15, 0.2) is 0 Å². The predicted molar refractivity (Wildman–Crippen MR) is 87.0 cm³/mol. The van der Waals surface area contributed by atoms with Crippen LogP contribution in [0.4, 0.5) is 0 Å². The number of nitrogens with zero attached hydrogens (tertiary/aromatic N) is 1. The quantitative estimate of drug-likeness (QED) is 0.912. The van der Waals surface area contributed by atoms with Crippen LogP contribution in [0.25, 0.3) is 5.57 Å². The first-order valence-electron chi connectivity index (χ1n) is 7.46. The van der Waals surface area contributed by atoms with Crippen molar-refractivity contribution in [2.45, 2.75) is 12.5 Å². The number of likely N-dealkylation sites (N-methyl/N-ethyl adjacent to an activating group) is 1. The fraction of sp³-hybridized carbons (Fsp3) is 0.263. The Bertz CT molecular complexity index is 577. The van der Waals surface area contributed by atoms with Crippen LogP contribution in [0.1, 0.15) is 17.5 Å². The molecule has 0 aromatic heterocycles. The van der Waals surface area contributed by atoms with Crippen LogP contribution in [0.2, 0.25) is 0 Å². The van der Waals surface area contributed by atoms with Crippen LogP contribution in [-0.2, 0) is 0 Å². The molecule has 0 bridgehead atoms. The first-order chi connectivity index (χ1) is 10.3. The highest BCUT2D eigenvalue weighted by atomic mass is 16.3. The molecule has 1 saturated heterocycles. The third-order valence-electron chi connectivity index (χ3n) is 4.10. The monoisotopic (exact) mass is 279 g/mol. The number of piperidine rings is 1. The lowest BCUT2D eigenvalue weighted by Crippen LogP contribution is -2.37. The van der Waals surface area contributed by atoms with Gasteiger partial charge in [-0.25, -0.2) is 0 Å². The van der Waals surface area contributed by atoms with Crippen molar-refractivity contribution in [3.63, 3.8) is 0 Å². The molecule has 3 rings (SSSR count). The van der Waals surface area contributed by atoms with E-state index in [4.69, 9.17) is 0 Å². The first kappa shape index (κ1) is 14.1. The molecule has 2 nitrogen and oxygen atoms in total. The molecule has 2 aromatic rings. The van der Waals surface area contributed by atoms with E-state index in [9.17, 15) is 5.11 Å². The van der Waals surface area contributed by atoms with Crippen molar-refractivity contribution in [2.75, 3.05) is 20.1 Å². The average Bonchev–Trinajstić information content (AvgIpc) is 2.52. The summed E-state index contributed by atoms with van der Waals surface area (Å²) in [7, 11) is 2.06. The molecule has 108 valence electrons. The summed E-state index contributed by atoms with van der Waals surface area (Å²) < 4.78 is 0. The summed E-state index contributed by atoms with van der Waals surface area (Å²) >= 11 is 0. The Morgan fingerprint density at radius 3 is 1.95 bits per heavy atom. The topological polar surface area (TPSA) is 23.5 Å². The maximum atomic E-state index is 10.5. The van der Waals surface area contributed by atoms with Gasteiger partial charge in [0, 0.05) is 13.1 Å². The molecule has 1 fully saturated rings. The van der Waals surface area contributed by atoms with Gasteiger partial charge in [0.05, 0.1) is 6.10 Å². The van der Waals surface area contributed by atoms with E-state index in [1.807, 2.05) is 12.1 Å². The highest BCUT2D eigenvalue weighted by Crippen LogP contribution is 2.32. The van der Waals surface area contributed by atoms with E-state index < -0.39 is 0 Å². The van der Waals surface area contributed by atoms with Gasteiger partial charge in [-0.15, -0.1) is 0 Å². The Hall–Kier alpha value is -1.90. The number of aliphatic hydroxyl groups excluding tert-OH is 1. The molecular formula is C19H21NO. The summed E-state index contributed by atoms with van der Waals surface area (Å²) in [4.78, 5) is 2.18. The number of rotatable bonds is 2.